The molecule has 4 heteroatoms. The van der Waals surface area contributed by atoms with Crippen LogP contribution in [0.2, 0.25) is 0 Å². The van der Waals surface area contributed by atoms with Crippen molar-refractivity contribution in [1.82, 2.24) is 0 Å². The zero-order valence-electron chi connectivity index (χ0n) is 12.8. The Morgan fingerprint density at radius 3 is 2.36 bits per heavy atom. The van der Waals surface area contributed by atoms with Gasteiger partial charge in [0.2, 0.25) is 0 Å². The van der Waals surface area contributed by atoms with E-state index in [1.54, 1.807) is 6.07 Å². The van der Waals surface area contributed by atoms with Crippen molar-refractivity contribution in [3.63, 3.8) is 0 Å². The monoisotopic (exact) mass is 288 g/mol. The molecule has 3 rings (SSSR count). The number of benzene rings is 2. The van der Waals surface area contributed by atoms with Gasteiger partial charge in [-0.05, 0) is 37.6 Å². The summed E-state index contributed by atoms with van der Waals surface area (Å²) in [6.07, 6.45) is 0.0807. The van der Waals surface area contributed by atoms with Gasteiger partial charge in [-0.2, -0.15) is 10.5 Å². The van der Waals surface area contributed by atoms with E-state index in [2.05, 4.69) is 47.9 Å². The predicted molar refractivity (Wildman–Crippen MR) is 87.1 cm³/mol. The fourth-order valence-corrected chi connectivity index (χ4v) is 3.03. The second-order valence-corrected chi connectivity index (χ2v) is 5.48. The van der Waals surface area contributed by atoms with E-state index in [0.29, 0.717) is 11.1 Å². The van der Waals surface area contributed by atoms with Crippen molar-refractivity contribution in [2.45, 2.75) is 20.0 Å². The van der Waals surface area contributed by atoms with Crippen LogP contribution >= 0.6 is 0 Å². The number of nitrogens with zero attached hydrogens (tertiary/aromatic N) is 4. The summed E-state index contributed by atoms with van der Waals surface area (Å²) in [5, 5.41) is 18.9. The predicted octanol–water partition coefficient (Wildman–Crippen LogP) is 3.67. The number of rotatable bonds is 1. The second-order valence-electron chi connectivity index (χ2n) is 5.48. The molecule has 0 bridgehead atoms. The maximum Gasteiger partial charge on any atom is 0.103 e. The first-order valence-electron chi connectivity index (χ1n) is 7.15. The summed E-state index contributed by atoms with van der Waals surface area (Å²) in [4.78, 5) is 4.27. The molecular weight excluding hydrogens is 272 g/mol. The highest BCUT2D eigenvalue weighted by molar-refractivity contribution is 5.89. The Labute approximate surface area is 130 Å². The maximum absolute atomic E-state index is 9.57. The molecular formula is C18H16N4. The average Bonchev–Trinajstić information content (AvgIpc) is 2.79. The van der Waals surface area contributed by atoms with Crippen LogP contribution in [0.15, 0.2) is 36.4 Å². The zero-order chi connectivity index (χ0) is 15.9. The number of nitriles is 2. The summed E-state index contributed by atoms with van der Waals surface area (Å²) in [5.41, 5.74) is 4.87. The van der Waals surface area contributed by atoms with Crippen molar-refractivity contribution in [3.8, 4) is 12.1 Å². The van der Waals surface area contributed by atoms with Gasteiger partial charge in [0.1, 0.15) is 18.3 Å². The van der Waals surface area contributed by atoms with E-state index >= 15 is 0 Å². The molecule has 1 atom stereocenters. The van der Waals surface area contributed by atoms with Gasteiger partial charge in [0.15, 0.2) is 0 Å². The number of aryl methyl sites for hydroxylation is 1. The Balaban J connectivity index is 2.32. The summed E-state index contributed by atoms with van der Waals surface area (Å²) < 4.78 is 0. The Morgan fingerprint density at radius 2 is 1.73 bits per heavy atom. The standard InChI is InChI=1S/C18H16N4/c1-12-6-4-5-7-16(12)22-13(2)21(3)17-9-8-14(10-19)15(11-20)18(17)22/h4-9,13H,1-3H3/t13-/m0/s1. The summed E-state index contributed by atoms with van der Waals surface area (Å²) >= 11 is 0. The van der Waals surface area contributed by atoms with E-state index in [1.807, 2.05) is 25.2 Å². The highest BCUT2D eigenvalue weighted by atomic mass is 15.4. The first kappa shape index (κ1) is 14.0. The van der Waals surface area contributed by atoms with Crippen LogP contribution in [0.4, 0.5) is 17.1 Å². The molecule has 0 fully saturated rings. The van der Waals surface area contributed by atoms with E-state index in [-0.39, 0.29) is 6.17 Å². The molecule has 0 saturated heterocycles. The van der Waals surface area contributed by atoms with E-state index < -0.39 is 0 Å². The highest BCUT2D eigenvalue weighted by Gasteiger charge is 2.35. The van der Waals surface area contributed by atoms with Crippen LogP contribution in [-0.2, 0) is 0 Å². The molecule has 1 heterocycles. The highest BCUT2D eigenvalue weighted by Crippen LogP contribution is 2.46. The number of hydrogen-bond acceptors (Lipinski definition) is 4. The van der Waals surface area contributed by atoms with Crippen LogP contribution in [0, 0.1) is 29.6 Å². The molecule has 2 aromatic carbocycles. The molecule has 0 aromatic heterocycles. The molecule has 0 radical (unpaired) electrons. The molecule has 1 aliphatic heterocycles. The van der Waals surface area contributed by atoms with Crippen molar-refractivity contribution in [1.29, 1.82) is 10.5 Å². The maximum atomic E-state index is 9.57. The van der Waals surface area contributed by atoms with Crippen LogP contribution in [-0.4, -0.2) is 13.2 Å². The Kier molecular flexibility index (Phi) is 3.23. The van der Waals surface area contributed by atoms with Gasteiger partial charge < -0.3 is 9.80 Å². The van der Waals surface area contributed by atoms with Crippen molar-refractivity contribution in [3.05, 3.63) is 53.1 Å². The van der Waals surface area contributed by atoms with E-state index in [1.165, 1.54) is 0 Å². The van der Waals surface area contributed by atoms with Crippen LogP contribution in [0.1, 0.15) is 23.6 Å². The number of hydrogen-bond donors (Lipinski definition) is 0. The number of anilines is 3. The lowest BCUT2D eigenvalue weighted by Gasteiger charge is -2.29. The minimum Gasteiger partial charge on any atom is -0.352 e. The zero-order valence-corrected chi connectivity index (χ0v) is 12.8. The van der Waals surface area contributed by atoms with Gasteiger partial charge in [-0.3, -0.25) is 0 Å². The van der Waals surface area contributed by atoms with Gasteiger partial charge in [0, 0.05) is 12.7 Å². The van der Waals surface area contributed by atoms with Gasteiger partial charge in [0.05, 0.1) is 22.5 Å². The van der Waals surface area contributed by atoms with Crippen LogP contribution in [0.25, 0.3) is 0 Å². The third-order valence-electron chi connectivity index (χ3n) is 4.32. The van der Waals surface area contributed by atoms with Crippen LogP contribution in [0.3, 0.4) is 0 Å². The normalized spacial score (nSPS) is 16.1. The molecule has 22 heavy (non-hydrogen) atoms. The summed E-state index contributed by atoms with van der Waals surface area (Å²) in [7, 11) is 2.01. The lowest BCUT2D eigenvalue weighted by Crippen LogP contribution is -2.36. The molecule has 1 aliphatic rings. The SMILES string of the molecule is Cc1ccccc1N1c2c(ccc(C#N)c2C#N)N(C)[C@@H]1C. The van der Waals surface area contributed by atoms with Gasteiger partial charge in [-0.25, -0.2) is 0 Å². The fourth-order valence-electron chi connectivity index (χ4n) is 3.03. The van der Waals surface area contributed by atoms with Crippen LogP contribution in [0.5, 0.6) is 0 Å². The molecule has 4 nitrogen and oxygen atoms in total. The van der Waals surface area contributed by atoms with Crippen LogP contribution < -0.4 is 9.80 Å². The van der Waals surface area contributed by atoms with Crippen molar-refractivity contribution < 1.29 is 0 Å². The number of fused-ring (bicyclic) bond motifs is 1. The van der Waals surface area contributed by atoms with E-state index in [0.717, 1.165) is 22.6 Å². The van der Waals surface area contributed by atoms with Gasteiger partial charge in [-0.1, -0.05) is 18.2 Å². The fraction of sp³-hybridized carbons (Fsp3) is 0.222. The first-order valence-corrected chi connectivity index (χ1v) is 7.15. The summed E-state index contributed by atoms with van der Waals surface area (Å²) in [5.74, 6) is 0. The minimum atomic E-state index is 0.0807. The topological polar surface area (TPSA) is 54.1 Å². The van der Waals surface area contributed by atoms with Crippen molar-refractivity contribution in [2.24, 2.45) is 0 Å². The molecule has 2 aromatic rings. The minimum absolute atomic E-state index is 0.0807. The molecule has 0 aliphatic carbocycles. The Morgan fingerprint density at radius 1 is 1.00 bits per heavy atom. The van der Waals surface area contributed by atoms with Gasteiger partial charge in [0.25, 0.3) is 0 Å². The lowest BCUT2D eigenvalue weighted by atomic mass is 10.0. The average molecular weight is 288 g/mol. The molecule has 0 N–H and O–H groups in total. The summed E-state index contributed by atoms with van der Waals surface area (Å²) in [6, 6.07) is 16.1. The first-order chi connectivity index (χ1) is 10.6. The third-order valence-corrected chi connectivity index (χ3v) is 4.32. The van der Waals surface area contributed by atoms with Crippen molar-refractivity contribution in [2.75, 3.05) is 16.8 Å². The molecule has 0 unspecified atom stereocenters. The Hall–Kier alpha value is -2.98. The Bertz CT molecular complexity index is 826. The smallest absolute Gasteiger partial charge is 0.103 e. The molecule has 108 valence electrons. The lowest BCUT2D eigenvalue weighted by molar-refractivity contribution is 0.732. The quantitative estimate of drug-likeness (QED) is 0.803. The van der Waals surface area contributed by atoms with E-state index in [4.69, 9.17) is 0 Å². The largest absolute Gasteiger partial charge is 0.352 e. The number of para-hydroxylation sites is 1. The molecule has 0 saturated carbocycles. The van der Waals surface area contributed by atoms with Gasteiger partial charge in [-0.15, -0.1) is 0 Å². The molecule has 0 amide bonds. The third kappa shape index (κ3) is 1.82. The van der Waals surface area contributed by atoms with Gasteiger partial charge >= 0.3 is 0 Å². The second kappa shape index (κ2) is 5.09. The van der Waals surface area contributed by atoms with Crippen molar-refractivity contribution >= 4 is 17.1 Å². The molecule has 0 spiro atoms. The van der Waals surface area contributed by atoms with E-state index in [9.17, 15) is 10.5 Å². The summed E-state index contributed by atoms with van der Waals surface area (Å²) in [6.45, 7) is 4.15.